The van der Waals surface area contributed by atoms with Gasteiger partial charge < -0.3 is 9.88 Å². The number of halogens is 2. The van der Waals surface area contributed by atoms with E-state index in [-0.39, 0.29) is 5.91 Å². The van der Waals surface area contributed by atoms with E-state index in [9.17, 15) is 4.79 Å². The standard InChI is InChI=1S/C19H13Cl2N3OS/c1-24-10-11(12-5-2-3-8-15(12)24)9-16-18(25)23-19(26-16)22-14-7-4-6-13(20)17(14)21/h2-10H,1H3,(H,22,23,25)/b16-9+. The van der Waals surface area contributed by atoms with E-state index in [1.165, 1.54) is 11.8 Å². The van der Waals surface area contributed by atoms with E-state index in [0.717, 1.165) is 16.5 Å². The number of fused-ring (bicyclic) bond motifs is 1. The molecule has 3 aromatic rings. The van der Waals surface area contributed by atoms with Crippen molar-refractivity contribution in [1.82, 2.24) is 9.88 Å². The Labute approximate surface area is 164 Å². The van der Waals surface area contributed by atoms with Crippen molar-refractivity contribution in [3.05, 3.63) is 69.2 Å². The number of carbonyl (C=O) groups excluding carboxylic acids is 1. The van der Waals surface area contributed by atoms with Gasteiger partial charge in [0.25, 0.3) is 5.91 Å². The second-order valence-corrected chi connectivity index (χ2v) is 7.58. The number of hydrogen-bond acceptors (Lipinski definition) is 3. The van der Waals surface area contributed by atoms with Crippen LogP contribution in [0.5, 0.6) is 0 Å². The number of nitrogens with one attached hydrogen (secondary N) is 1. The molecule has 4 nitrogen and oxygen atoms in total. The summed E-state index contributed by atoms with van der Waals surface area (Å²) in [4.78, 5) is 17.3. The van der Waals surface area contributed by atoms with Crippen LogP contribution in [0.4, 0.5) is 5.69 Å². The van der Waals surface area contributed by atoms with Gasteiger partial charge in [0.2, 0.25) is 0 Å². The highest BCUT2D eigenvalue weighted by molar-refractivity contribution is 8.18. The number of aliphatic imine (C=N–C) groups is 1. The molecule has 2 heterocycles. The molecule has 1 fully saturated rings. The Hall–Kier alpha value is -2.21. The number of amidine groups is 1. The van der Waals surface area contributed by atoms with Crippen molar-refractivity contribution in [2.45, 2.75) is 0 Å². The molecular formula is C19H13Cl2N3OS. The Morgan fingerprint density at radius 3 is 2.81 bits per heavy atom. The maximum atomic E-state index is 12.3. The van der Waals surface area contributed by atoms with Crippen molar-refractivity contribution in [3.63, 3.8) is 0 Å². The zero-order valence-electron chi connectivity index (χ0n) is 13.7. The SMILES string of the molecule is Cn1cc(/C=C2/SC(=Nc3cccc(Cl)c3Cl)NC2=O)c2ccccc21. The zero-order valence-corrected chi connectivity index (χ0v) is 16.0. The Balaban J connectivity index is 1.69. The van der Waals surface area contributed by atoms with E-state index in [4.69, 9.17) is 23.2 Å². The molecule has 130 valence electrons. The lowest BCUT2D eigenvalue weighted by Crippen LogP contribution is -2.19. The first-order valence-electron chi connectivity index (χ1n) is 7.80. The maximum Gasteiger partial charge on any atom is 0.264 e. The van der Waals surface area contributed by atoms with Crippen LogP contribution in [0.25, 0.3) is 17.0 Å². The summed E-state index contributed by atoms with van der Waals surface area (Å²) in [5, 5.41) is 5.13. The summed E-state index contributed by atoms with van der Waals surface area (Å²) in [6.45, 7) is 0. The van der Waals surface area contributed by atoms with E-state index < -0.39 is 0 Å². The molecule has 0 saturated carbocycles. The molecule has 4 rings (SSSR count). The predicted octanol–water partition coefficient (Wildman–Crippen LogP) is 5.38. The largest absolute Gasteiger partial charge is 0.350 e. The first kappa shape index (κ1) is 17.2. The number of benzene rings is 2. The molecular weight excluding hydrogens is 389 g/mol. The van der Waals surface area contributed by atoms with Gasteiger partial charge in [-0.2, -0.15) is 0 Å². The van der Waals surface area contributed by atoms with Gasteiger partial charge in [0.05, 0.1) is 20.6 Å². The first-order chi connectivity index (χ1) is 12.5. The van der Waals surface area contributed by atoms with Gasteiger partial charge in [-0.3, -0.25) is 4.79 Å². The summed E-state index contributed by atoms with van der Waals surface area (Å²) in [5.74, 6) is -0.181. The normalized spacial score (nSPS) is 17.4. The van der Waals surface area contributed by atoms with E-state index in [2.05, 4.69) is 10.3 Å². The minimum Gasteiger partial charge on any atom is -0.350 e. The fourth-order valence-electron chi connectivity index (χ4n) is 2.80. The smallest absolute Gasteiger partial charge is 0.264 e. The van der Waals surface area contributed by atoms with Crippen molar-refractivity contribution in [1.29, 1.82) is 0 Å². The molecule has 0 bridgehead atoms. The Morgan fingerprint density at radius 1 is 1.15 bits per heavy atom. The topological polar surface area (TPSA) is 46.4 Å². The van der Waals surface area contributed by atoms with Gasteiger partial charge in [-0.05, 0) is 36.0 Å². The molecule has 7 heteroatoms. The molecule has 0 unspecified atom stereocenters. The Kier molecular flexibility index (Phi) is 4.53. The molecule has 0 aliphatic carbocycles. The predicted molar refractivity (Wildman–Crippen MR) is 110 cm³/mol. The van der Waals surface area contributed by atoms with Crippen LogP contribution in [0.15, 0.2) is 58.6 Å². The van der Waals surface area contributed by atoms with Gasteiger partial charge in [0, 0.05) is 29.7 Å². The molecule has 1 saturated heterocycles. The molecule has 26 heavy (non-hydrogen) atoms. The third kappa shape index (κ3) is 3.14. The van der Waals surface area contributed by atoms with Crippen molar-refractivity contribution in [2.24, 2.45) is 12.0 Å². The zero-order chi connectivity index (χ0) is 18.3. The number of amides is 1. The second-order valence-electron chi connectivity index (χ2n) is 5.77. The number of aryl methyl sites for hydroxylation is 1. The summed E-state index contributed by atoms with van der Waals surface area (Å²) in [5.41, 5.74) is 2.62. The third-order valence-corrected chi connectivity index (χ3v) is 5.74. The molecule has 1 aromatic heterocycles. The minimum absolute atomic E-state index is 0.181. The number of hydrogen-bond donors (Lipinski definition) is 1. The highest BCUT2D eigenvalue weighted by Gasteiger charge is 2.24. The summed E-state index contributed by atoms with van der Waals surface area (Å²) >= 11 is 13.5. The summed E-state index contributed by atoms with van der Waals surface area (Å²) < 4.78 is 2.04. The van der Waals surface area contributed by atoms with Crippen LogP contribution in [0.2, 0.25) is 10.0 Å². The van der Waals surface area contributed by atoms with Crippen molar-refractivity contribution < 1.29 is 4.79 Å². The lowest BCUT2D eigenvalue weighted by molar-refractivity contribution is -0.115. The summed E-state index contributed by atoms with van der Waals surface area (Å²) in [6, 6.07) is 13.3. The molecule has 0 spiro atoms. The van der Waals surface area contributed by atoms with Gasteiger partial charge in [0.15, 0.2) is 5.17 Å². The Bertz CT molecular complexity index is 1100. The van der Waals surface area contributed by atoms with E-state index >= 15 is 0 Å². The van der Waals surface area contributed by atoms with E-state index in [1.807, 2.05) is 48.2 Å². The average molecular weight is 402 g/mol. The van der Waals surface area contributed by atoms with Gasteiger partial charge in [-0.1, -0.05) is 47.5 Å². The number of aromatic nitrogens is 1. The highest BCUT2D eigenvalue weighted by Crippen LogP contribution is 2.35. The van der Waals surface area contributed by atoms with Gasteiger partial charge in [-0.25, -0.2) is 4.99 Å². The number of nitrogens with zero attached hydrogens (tertiary/aromatic N) is 2. The monoisotopic (exact) mass is 401 g/mol. The number of thioether (sulfide) groups is 1. The van der Waals surface area contributed by atoms with Crippen molar-refractivity contribution in [3.8, 4) is 0 Å². The molecule has 1 aliphatic heterocycles. The number of carbonyl (C=O) groups is 1. The summed E-state index contributed by atoms with van der Waals surface area (Å²) in [6.07, 6.45) is 3.89. The highest BCUT2D eigenvalue weighted by atomic mass is 35.5. The quantitative estimate of drug-likeness (QED) is 0.586. The number of para-hydroxylation sites is 1. The molecule has 0 radical (unpaired) electrons. The molecule has 1 aliphatic rings. The van der Waals surface area contributed by atoms with Crippen LogP contribution in [-0.2, 0) is 11.8 Å². The lowest BCUT2D eigenvalue weighted by Gasteiger charge is -2.00. The average Bonchev–Trinajstić information content (AvgIpc) is 3.13. The van der Waals surface area contributed by atoms with Crippen LogP contribution in [-0.4, -0.2) is 15.6 Å². The van der Waals surface area contributed by atoms with Crippen molar-refractivity contribution in [2.75, 3.05) is 0 Å². The third-order valence-electron chi connectivity index (χ3n) is 4.02. The minimum atomic E-state index is -0.181. The van der Waals surface area contributed by atoms with Crippen LogP contribution >= 0.6 is 35.0 Å². The lowest BCUT2D eigenvalue weighted by atomic mass is 10.1. The number of rotatable bonds is 2. The molecule has 2 aromatic carbocycles. The summed E-state index contributed by atoms with van der Waals surface area (Å²) in [7, 11) is 1.99. The first-order valence-corrected chi connectivity index (χ1v) is 9.38. The van der Waals surface area contributed by atoms with Crippen LogP contribution < -0.4 is 5.32 Å². The maximum absolute atomic E-state index is 12.3. The molecule has 1 amide bonds. The van der Waals surface area contributed by atoms with Gasteiger partial charge in [-0.15, -0.1) is 0 Å². The van der Waals surface area contributed by atoms with Crippen molar-refractivity contribution >= 4 is 68.7 Å². The fourth-order valence-corrected chi connectivity index (χ4v) is 3.96. The van der Waals surface area contributed by atoms with Crippen LogP contribution in [0.3, 0.4) is 0 Å². The fraction of sp³-hybridized carbons (Fsp3) is 0.0526. The Morgan fingerprint density at radius 2 is 1.96 bits per heavy atom. The van der Waals surface area contributed by atoms with E-state index in [1.54, 1.807) is 18.2 Å². The molecule has 0 atom stereocenters. The van der Waals surface area contributed by atoms with Gasteiger partial charge >= 0.3 is 0 Å². The van der Waals surface area contributed by atoms with Crippen LogP contribution in [0, 0.1) is 0 Å². The van der Waals surface area contributed by atoms with Gasteiger partial charge in [0.1, 0.15) is 0 Å². The second kappa shape index (κ2) is 6.83. The van der Waals surface area contributed by atoms with E-state index in [0.29, 0.717) is 25.8 Å². The van der Waals surface area contributed by atoms with Crippen LogP contribution in [0.1, 0.15) is 5.56 Å². The molecule has 1 N–H and O–H groups in total.